The van der Waals surface area contributed by atoms with Crippen LogP contribution in [0, 0.1) is 11.3 Å². The van der Waals surface area contributed by atoms with E-state index in [1.807, 2.05) is 0 Å². The summed E-state index contributed by atoms with van der Waals surface area (Å²) in [5, 5.41) is 0. The average Bonchev–Trinajstić information content (AvgIpc) is 1.86. The first kappa shape index (κ1) is 8.76. The lowest BCUT2D eigenvalue weighted by molar-refractivity contribution is -0.128. The van der Waals surface area contributed by atoms with E-state index >= 15 is 0 Å². The Hall–Kier alpha value is -0.330. The summed E-state index contributed by atoms with van der Waals surface area (Å²) in [5.74, 6) is 0.819. The van der Waals surface area contributed by atoms with Gasteiger partial charge in [0.05, 0.1) is 0 Å². The number of carbonyl (C=O) groups is 1. The zero-order valence-electron chi connectivity index (χ0n) is 7.81. The van der Waals surface area contributed by atoms with E-state index < -0.39 is 0 Å². The van der Waals surface area contributed by atoms with Gasteiger partial charge in [-0.1, -0.05) is 27.2 Å². The highest BCUT2D eigenvalue weighted by Gasteiger charge is 2.32. The molecule has 0 saturated heterocycles. The molecule has 0 aromatic heterocycles. The SMILES string of the molecule is CC(C)(C)[C@H]1CCCCC1=O. The lowest BCUT2D eigenvalue weighted by Crippen LogP contribution is -2.30. The van der Waals surface area contributed by atoms with E-state index in [0.29, 0.717) is 11.7 Å². The highest BCUT2D eigenvalue weighted by molar-refractivity contribution is 5.82. The van der Waals surface area contributed by atoms with Crippen LogP contribution in [-0.2, 0) is 4.79 Å². The molecule has 0 unspecified atom stereocenters. The second-order valence-electron chi connectivity index (χ2n) is 4.63. The molecule has 0 radical (unpaired) electrons. The molecule has 1 aliphatic rings. The predicted octanol–water partition coefficient (Wildman–Crippen LogP) is 2.79. The zero-order chi connectivity index (χ0) is 8.48. The van der Waals surface area contributed by atoms with Crippen molar-refractivity contribution >= 4 is 5.78 Å². The summed E-state index contributed by atoms with van der Waals surface area (Å²) in [6, 6.07) is 0. The van der Waals surface area contributed by atoms with Crippen molar-refractivity contribution in [2.75, 3.05) is 0 Å². The minimum Gasteiger partial charge on any atom is -0.299 e. The van der Waals surface area contributed by atoms with Crippen LogP contribution in [0.25, 0.3) is 0 Å². The molecule has 1 heteroatoms. The molecule has 1 saturated carbocycles. The standard InChI is InChI=1S/C10H18O/c1-10(2,3)8-6-4-5-7-9(8)11/h8H,4-7H2,1-3H3/t8-/m0/s1. The van der Waals surface area contributed by atoms with Gasteiger partial charge in [0.25, 0.3) is 0 Å². The minimum atomic E-state index is 0.192. The maximum atomic E-state index is 11.4. The van der Waals surface area contributed by atoms with Crippen molar-refractivity contribution in [2.45, 2.75) is 46.5 Å². The molecule has 0 aromatic rings. The molecule has 0 N–H and O–H groups in total. The number of carbonyl (C=O) groups excluding carboxylic acids is 1. The monoisotopic (exact) mass is 154 g/mol. The first-order chi connectivity index (χ1) is 5.02. The van der Waals surface area contributed by atoms with Gasteiger partial charge in [0.2, 0.25) is 0 Å². The third-order valence-electron chi connectivity index (χ3n) is 2.60. The molecule has 1 fully saturated rings. The van der Waals surface area contributed by atoms with E-state index in [-0.39, 0.29) is 5.41 Å². The first-order valence-electron chi connectivity index (χ1n) is 4.54. The van der Waals surface area contributed by atoms with E-state index in [1.165, 1.54) is 6.42 Å². The third-order valence-corrected chi connectivity index (χ3v) is 2.60. The summed E-state index contributed by atoms with van der Waals surface area (Å²) in [5.41, 5.74) is 0.192. The summed E-state index contributed by atoms with van der Waals surface area (Å²) in [7, 11) is 0. The fourth-order valence-electron chi connectivity index (χ4n) is 1.90. The molecule has 0 aromatic carbocycles. The summed E-state index contributed by atoms with van der Waals surface area (Å²) in [4.78, 5) is 11.4. The van der Waals surface area contributed by atoms with Gasteiger partial charge in [0, 0.05) is 12.3 Å². The molecule has 0 heterocycles. The highest BCUT2D eigenvalue weighted by atomic mass is 16.1. The fraction of sp³-hybridized carbons (Fsp3) is 0.900. The van der Waals surface area contributed by atoms with Crippen molar-refractivity contribution in [1.29, 1.82) is 0 Å². The van der Waals surface area contributed by atoms with Gasteiger partial charge in [0.15, 0.2) is 0 Å². The Bertz CT molecular complexity index is 153. The molecule has 1 atom stereocenters. The normalized spacial score (nSPS) is 27.2. The summed E-state index contributed by atoms with van der Waals surface area (Å²) in [6.07, 6.45) is 4.30. The lowest BCUT2D eigenvalue weighted by atomic mass is 9.72. The smallest absolute Gasteiger partial charge is 0.136 e. The second-order valence-corrected chi connectivity index (χ2v) is 4.63. The summed E-state index contributed by atoms with van der Waals surface area (Å²) >= 11 is 0. The van der Waals surface area contributed by atoms with E-state index in [4.69, 9.17) is 0 Å². The summed E-state index contributed by atoms with van der Waals surface area (Å²) < 4.78 is 0. The Kier molecular flexibility index (Phi) is 2.36. The fourth-order valence-corrected chi connectivity index (χ4v) is 1.90. The molecule has 1 nitrogen and oxygen atoms in total. The number of hydrogen-bond acceptors (Lipinski definition) is 1. The van der Waals surface area contributed by atoms with Gasteiger partial charge in [-0.3, -0.25) is 4.79 Å². The largest absolute Gasteiger partial charge is 0.299 e. The maximum Gasteiger partial charge on any atom is 0.136 e. The molecule has 64 valence electrons. The average molecular weight is 154 g/mol. The molecule has 0 aliphatic heterocycles. The molecular formula is C10H18O. The van der Waals surface area contributed by atoms with E-state index in [2.05, 4.69) is 20.8 Å². The Morgan fingerprint density at radius 3 is 2.27 bits per heavy atom. The molecular weight excluding hydrogens is 136 g/mol. The van der Waals surface area contributed by atoms with Crippen molar-refractivity contribution in [1.82, 2.24) is 0 Å². The van der Waals surface area contributed by atoms with Crippen LogP contribution in [0.15, 0.2) is 0 Å². The van der Waals surface area contributed by atoms with Crippen LogP contribution in [0.1, 0.15) is 46.5 Å². The van der Waals surface area contributed by atoms with Gasteiger partial charge in [0.1, 0.15) is 5.78 Å². The molecule has 11 heavy (non-hydrogen) atoms. The van der Waals surface area contributed by atoms with Crippen LogP contribution < -0.4 is 0 Å². The van der Waals surface area contributed by atoms with Gasteiger partial charge in [-0.05, 0) is 18.3 Å². The van der Waals surface area contributed by atoms with Crippen molar-refractivity contribution < 1.29 is 4.79 Å². The van der Waals surface area contributed by atoms with Crippen molar-refractivity contribution in [3.63, 3.8) is 0 Å². The van der Waals surface area contributed by atoms with E-state index in [9.17, 15) is 4.79 Å². The van der Waals surface area contributed by atoms with Crippen molar-refractivity contribution in [3.8, 4) is 0 Å². The van der Waals surface area contributed by atoms with E-state index in [1.54, 1.807) is 0 Å². The molecule has 1 rings (SSSR count). The van der Waals surface area contributed by atoms with Crippen LogP contribution in [0.4, 0.5) is 0 Å². The van der Waals surface area contributed by atoms with Crippen molar-refractivity contribution in [3.05, 3.63) is 0 Å². The van der Waals surface area contributed by atoms with Crippen LogP contribution >= 0.6 is 0 Å². The molecule has 0 bridgehead atoms. The van der Waals surface area contributed by atoms with Gasteiger partial charge in [-0.2, -0.15) is 0 Å². The van der Waals surface area contributed by atoms with Gasteiger partial charge < -0.3 is 0 Å². The zero-order valence-corrected chi connectivity index (χ0v) is 7.81. The predicted molar refractivity (Wildman–Crippen MR) is 46.4 cm³/mol. The lowest BCUT2D eigenvalue weighted by Gasteiger charge is -2.32. The molecule has 1 aliphatic carbocycles. The van der Waals surface area contributed by atoms with Crippen LogP contribution in [0.2, 0.25) is 0 Å². The quantitative estimate of drug-likeness (QED) is 0.524. The number of Topliss-reactive ketones (excluding diaryl/α,β-unsaturated/α-hetero) is 1. The minimum absolute atomic E-state index is 0.192. The summed E-state index contributed by atoms with van der Waals surface area (Å²) in [6.45, 7) is 6.50. The van der Waals surface area contributed by atoms with Gasteiger partial charge in [-0.25, -0.2) is 0 Å². The Morgan fingerprint density at radius 2 is 1.91 bits per heavy atom. The first-order valence-corrected chi connectivity index (χ1v) is 4.54. The Morgan fingerprint density at radius 1 is 1.27 bits per heavy atom. The maximum absolute atomic E-state index is 11.4. The second kappa shape index (κ2) is 2.96. The van der Waals surface area contributed by atoms with Gasteiger partial charge >= 0.3 is 0 Å². The number of hydrogen-bond donors (Lipinski definition) is 0. The number of rotatable bonds is 0. The molecule has 0 amide bonds. The highest BCUT2D eigenvalue weighted by Crippen LogP contribution is 2.35. The van der Waals surface area contributed by atoms with E-state index in [0.717, 1.165) is 19.3 Å². The van der Waals surface area contributed by atoms with Crippen LogP contribution in [-0.4, -0.2) is 5.78 Å². The topological polar surface area (TPSA) is 17.1 Å². The molecule has 0 spiro atoms. The van der Waals surface area contributed by atoms with Gasteiger partial charge in [-0.15, -0.1) is 0 Å². The Balaban J connectivity index is 2.62. The van der Waals surface area contributed by atoms with Crippen LogP contribution in [0.3, 0.4) is 0 Å². The van der Waals surface area contributed by atoms with Crippen molar-refractivity contribution in [2.24, 2.45) is 11.3 Å². The number of ketones is 1. The Labute approximate surface area is 69.2 Å². The third kappa shape index (κ3) is 2.05. The van der Waals surface area contributed by atoms with Crippen LogP contribution in [0.5, 0.6) is 0 Å².